The minimum absolute atomic E-state index is 0.247. The summed E-state index contributed by atoms with van der Waals surface area (Å²) in [7, 11) is 0. The highest BCUT2D eigenvalue weighted by atomic mass is 16.3. The number of hydrogen-bond donors (Lipinski definition) is 1. The molecule has 0 saturated carbocycles. The van der Waals surface area contributed by atoms with Gasteiger partial charge in [-0.1, -0.05) is 0 Å². The lowest BCUT2D eigenvalue weighted by molar-refractivity contribution is 0.202. The standard InChI is InChI=1S/C15H25N3O/c1-11(2)17-7-6-12(9-17)15-16-8-13-4-3-5-14(10-19)18(13)15/h8,11-12,14,19H,3-7,9-10H2,1-2H3. The van der Waals surface area contributed by atoms with Crippen LogP contribution in [-0.2, 0) is 6.42 Å². The average molecular weight is 263 g/mol. The second-order valence-corrected chi connectivity index (χ2v) is 6.28. The molecule has 4 nitrogen and oxygen atoms in total. The van der Waals surface area contributed by atoms with Gasteiger partial charge >= 0.3 is 0 Å². The Hall–Kier alpha value is -0.870. The van der Waals surface area contributed by atoms with Crippen molar-refractivity contribution < 1.29 is 5.11 Å². The predicted molar refractivity (Wildman–Crippen MR) is 75.4 cm³/mol. The lowest BCUT2D eigenvalue weighted by atomic mass is 10.0. The predicted octanol–water partition coefficient (Wildman–Crippen LogP) is 1.95. The molecule has 1 N–H and O–H groups in total. The van der Waals surface area contributed by atoms with E-state index in [0.717, 1.165) is 19.4 Å². The van der Waals surface area contributed by atoms with Gasteiger partial charge in [0.1, 0.15) is 5.82 Å². The van der Waals surface area contributed by atoms with Gasteiger partial charge in [-0.2, -0.15) is 0 Å². The van der Waals surface area contributed by atoms with E-state index in [1.807, 2.05) is 6.20 Å². The molecule has 1 fully saturated rings. The molecule has 1 aromatic heterocycles. The zero-order valence-electron chi connectivity index (χ0n) is 12.0. The molecule has 3 rings (SSSR count). The third kappa shape index (κ3) is 2.32. The van der Waals surface area contributed by atoms with E-state index >= 15 is 0 Å². The highest BCUT2D eigenvalue weighted by molar-refractivity contribution is 5.15. The highest BCUT2D eigenvalue weighted by Crippen LogP contribution is 2.33. The minimum Gasteiger partial charge on any atom is -0.394 e. The summed E-state index contributed by atoms with van der Waals surface area (Å²) >= 11 is 0. The number of imidazole rings is 1. The molecule has 0 aliphatic carbocycles. The van der Waals surface area contributed by atoms with Gasteiger partial charge in [0.25, 0.3) is 0 Å². The fourth-order valence-corrected chi connectivity index (χ4v) is 3.61. The molecule has 0 amide bonds. The van der Waals surface area contributed by atoms with Gasteiger partial charge in [0.05, 0.1) is 12.6 Å². The second-order valence-electron chi connectivity index (χ2n) is 6.28. The summed E-state index contributed by atoms with van der Waals surface area (Å²) in [6.07, 6.45) is 6.62. The van der Waals surface area contributed by atoms with Gasteiger partial charge in [-0.05, 0) is 46.1 Å². The van der Waals surface area contributed by atoms with Crippen molar-refractivity contribution in [1.82, 2.24) is 14.5 Å². The minimum atomic E-state index is 0.247. The Morgan fingerprint density at radius 3 is 2.95 bits per heavy atom. The van der Waals surface area contributed by atoms with Crippen LogP contribution in [0.3, 0.4) is 0 Å². The number of fused-ring (bicyclic) bond motifs is 1. The van der Waals surface area contributed by atoms with Crippen molar-refractivity contribution in [2.24, 2.45) is 0 Å². The smallest absolute Gasteiger partial charge is 0.113 e. The molecule has 1 saturated heterocycles. The molecule has 2 atom stereocenters. The molecule has 0 bridgehead atoms. The SMILES string of the molecule is CC(C)N1CCC(c2ncc3n2C(CO)CCC3)C1. The summed E-state index contributed by atoms with van der Waals surface area (Å²) in [5.74, 6) is 1.76. The van der Waals surface area contributed by atoms with Crippen molar-refractivity contribution in [3.63, 3.8) is 0 Å². The Morgan fingerprint density at radius 2 is 2.26 bits per heavy atom. The van der Waals surface area contributed by atoms with E-state index in [1.54, 1.807) is 0 Å². The van der Waals surface area contributed by atoms with Gasteiger partial charge < -0.3 is 14.6 Å². The maximum absolute atomic E-state index is 9.60. The molecular formula is C15H25N3O. The van der Waals surface area contributed by atoms with Gasteiger partial charge in [-0.3, -0.25) is 0 Å². The first kappa shape index (κ1) is 13.1. The molecule has 1 aromatic rings. The van der Waals surface area contributed by atoms with Gasteiger partial charge in [0.15, 0.2) is 0 Å². The van der Waals surface area contributed by atoms with Crippen LogP contribution in [0.4, 0.5) is 0 Å². The fraction of sp³-hybridized carbons (Fsp3) is 0.800. The zero-order valence-corrected chi connectivity index (χ0v) is 12.0. The van der Waals surface area contributed by atoms with Gasteiger partial charge in [-0.25, -0.2) is 4.98 Å². The van der Waals surface area contributed by atoms with E-state index in [1.165, 1.54) is 30.9 Å². The van der Waals surface area contributed by atoms with Crippen LogP contribution < -0.4 is 0 Å². The average Bonchev–Trinajstić information content (AvgIpc) is 3.04. The molecule has 2 unspecified atom stereocenters. The van der Waals surface area contributed by atoms with Crippen molar-refractivity contribution in [2.75, 3.05) is 19.7 Å². The van der Waals surface area contributed by atoms with Crippen molar-refractivity contribution >= 4 is 0 Å². The van der Waals surface area contributed by atoms with Crippen LogP contribution in [0, 0.1) is 0 Å². The lowest BCUT2D eigenvalue weighted by Crippen LogP contribution is -2.29. The van der Waals surface area contributed by atoms with E-state index in [2.05, 4.69) is 23.3 Å². The molecule has 3 heterocycles. The molecule has 0 aromatic carbocycles. The maximum atomic E-state index is 9.60. The quantitative estimate of drug-likeness (QED) is 0.906. The normalized spacial score (nSPS) is 28.0. The molecule has 4 heteroatoms. The lowest BCUT2D eigenvalue weighted by Gasteiger charge is -2.27. The van der Waals surface area contributed by atoms with Crippen LogP contribution in [0.25, 0.3) is 0 Å². The number of aromatic nitrogens is 2. The summed E-state index contributed by atoms with van der Waals surface area (Å²) in [5.41, 5.74) is 1.32. The van der Waals surface area contributed by atoms with Crippen LogP contribution in [0.1, 0.15) is 56.6 Å². The topological polar surface area (TPSA) is 41.3 Å². The monoisotopic (exact) mass is 263 g/mol. The van der Waals surface area contributed by atoms with Gasteiger partial charge in [0, 0.05) is 30.4 Å². The van der Waals surface area contributed by atoms with E-state index in [0.29, 0.717) is 12.0 Å². The first-order chi connectivity index (χ1) is 9.20. The number of rotatable bonds is 3. The summed E-state index contributed by atoms with van der Waals surface area (Å²) in [6.45, 7) is 7.07. The second kappa shape index (κ2) is 5.25. The summed E-state index contributed by atoms with van der Waals surface area (Å²) in [6, 6.07) is 0.878. The fourth-order valence-electron chi connectivity index (χ4n) is 3.61. The number of hydrogen-bond acceptors (Lipinski definition) is 3. The van der Waals surface area contributed by atoms with E-state index in [4.69, 9.17) is 4.98 Å². The van der Waals surface area contributed by atoms with Crippen molar-refractivity contribution in [3.8, 4) is 0 Å². The Labute approximate surface area is 115 Å². The van der Waals surface area contributed by atoms with Crippen LogP contribution in [0.5, 0.6) is 0 Å². The van der Waals surface area contributed by atoms with Gasteiger partial charge in [0.2, 0.25) is 0 Å². The Bertz CT molecular complexity index is 441. The van der Waals surface area contributed by atoms with E-state index < -0.39 is 0 Å². The Kier molecular flexibility index (Phi) is 3.63. The first-order valence-electron chi connectivity index (χ1n) is 7.61. The molecule has 19 heavy (non-hydrogen) atoms. The van der Waals surface area contributed by atoms with E-state index in [-0.39, 0.29) is 12.6 Å². The first-order valence-corrected chi connectivity index (χ1v) is 7.61. The number of likely N-dealkylation sites (tertiary alicyclic amines) is 1. The molecule has 2 aliphatic heterocycles. The zero-order chi connectivity index (χ0) is 13.4. The number of aryl methyl sites for hydroxylation is 1. The summed E-state index contributed by atoms with van der Waals surface area (Å²) in [5, 5.41) is 9.60. The van der Waals surface area contributed by atoms with Crippen LogP contribution in [0.2, 0.25) is 0 Å². The number of aliphatic hydroxyl groups excluding tert-OH is 1. The molecule has 0 radical (unpaired) electrons. The van der Waals surface area contributed by atoms with Crippen molar-refractivity contribution in [2.45, 2.75) is 57.5 Å². The molecule has 0 spiro atoms. The number of nitrogens with zero attached hydrogens (tertiary/aromatic N) is 3. The van der Waals surface area contributed by atoms with Crippen LogP contribution in [0.15, 0.2) is 6.20 Å². The highest BCUT2D eigenvalue weighted by Gasteiger charge is 2.32. The summed E-state index contributed by atoms with van der Waals surface area (Å²) < 4.78 is 2.35. The summed E-state index contributed by atoms with van der Waals surface area (Å²) in [4.78, 5) is 7.23. The third-order valence-electron chi connectivity index (χ3n) is 4.76. The Morgan fingerprint density at radius 1 is 1.42 bits per heavy atom. The Balaban J connectivity index is 1.84. The third-order valence-corrected chi connectivity index (χ3v) is 4.76. The van der Waals surface area contributed by atoms with E-state index in [9.17, 15) is 5.11 Å². The van der Waals surface area contributed by atoms with Crippen LogP contribution >= 0.6 is 0 Å². The molecular weight excluding hydrogens is 238 g/mol. The molecule has 2 aliphatic rings. The van der Waals surface area contributed by atoms with Crippen LogP contribution in [-0.4, -0.2) is 45.3 Å². The van der Waals surface area contributed by atoms with Gasteiger partial charge in [-0.15, -0.1) is 0 Å². The largest absolute Gasteiger partial charge is 0.394 e. The van der Waals surface area contributed by atoms with Crippen molar-refractivity contribution in [3.05, 3.63) is 17.7 Å². The van der Waals surface area contributed by atoms with Crippen molar-refractivity contribution in [1.29, 1.82) is 0 Å². The number of aliphatic hydroxyl groups is 1. The molecule has 106 valence electrons. The maximum Gasteiger partial charge on any atom is 0.113 e.